The summed E-state index contributed by atoms with van der Waals surface area (Å²) < 4.78 is 4.93. The van der Waals surface area contributed by atoms with E-state index in [1.54, 1.807) is 0 Å². The third-order valence-corrected chi connectivity index (χ3v) is 3.08. The van der Waals surface area contributed by atoms with Crippen molar-refractivity contribution in [1.29, 1.82) is 0 Å². The molecule has 0 aliphatic heterocycles. The Morgan fingerprint density at radius 3 is 2.64 bits per heavy atom. The standard InChI is InChI=1S/C17H17NO4/c1-11-6-7-12(2)15(8-11)18-16(20)10-22-17(21)13-4-3-5-14(19)9-13/h3-9,19H,10H2,1-2H3,(H,18,20). The number of phenolic OH excluding ortho intramolecular Hbond substituents is 1. The smallest absolute Gasteiger partial charge is 0.338 e. The van der Waals surface area contributed by atoms with E-state index in [2.05, 4.69) is 5.32 Å². The molecule has 2 N–H and O–H groups in total. The van der Waals surface area contributed by atoms with E-state index in [1.165, 1.54) is 24.3 Å². The zero-order valence-corrected chi connectivity index (χ0v) is 12.4. The van der Waals surface area contributed by atoms with Gasteiger partial charge in [-0.05, 0) is 49.2 Å². The summed E-state index contributed by atoms with van der Waals surface area (Å²) in [5, 5.41) is 12.0. The topological polar surface area (TPSA) is 75.6 Å². The van der Waals surface area contributed by atoms with Crippen molar-refractivity contribution in [3.05, 3.63) is 59.2 Å². The maximum atomic E-state index is 11.8. The SMILES string of the molecule is Cc1ccc(C)c(NC(=O)COC(=O)c2cccc(O)c2)c1. The van der Waals surface area contributed by atoms with Crippen molar-refractivity contribution >= 4 is 17.6 Å². The van der Waals surface area contributed by atoms with Gasteiger partial charge in [-0.1, -0.05) is 18.2 Å². The number of phenols is 1. The van der Waals surface area contributed by atoms with Crippen LogP contribution in [0.2, 0.25) is 0 Å². The van der Waals surface area contributed by atoms with E-state index < -0.39 is 11.9 Å². The second-order valence-electron chi connectivity index (χ2n) is 4.99. The summed E-state index contributed by atoms with van der Waals surface area (Å²) in [6.45, 7) is 3.42. The lowest BCUT2D eigenvalue weighted by Crippen LogP contribution is -2.21. The average Bonchev–Trinajstić information content (AvgIpc) is 2.48. The van der Waals surface area contributed by atoms with E-state index >= 15 is 0 Å². The monoisotopic (exact) mass is 299 g/mol. The molecule has 0 unspecified atom stereocenters. The zero-order chi connectivity index (χ0) is 16.1. The lowest BCUT2D eigenvalue weighted by atomic mass is 10.1. The summed E-state index contributed by atoms with van der Waals surface area (Å²) in [4.78, 5) is 23.6. The molecule has 0 heterocycles. The molecule has 5 heteroatoms. The van der Waals surface area contributed by atoms with Gasteiger partial charge >= 0.3 is 5.97 Å². The molecule has 0 radical (unpaired) electrons. The maximum absolute atomic E-state index is 11.8. The van der Waals surface area contributed by atoms with Gasteiger partial charge in [0.15, 0.2) is 6.61 Å². The summed E-state index contributed by atoms with van der Waals surface area (Å²) in [6, 6.07) is 11.5. The molecule has 0 spiro atoms. The Hall–Kier alpha value is -2.82. The maximum Gasteiger partial charge on any atom is 0.338 e. The van der Waals surface area contributed by atoms with E-state index in [4.69, 9.17) is 4.74 Å². The predicted molar refractivity (Wildman–Crippen MR) is 82.9 cm³/mol. The molecule has 0 bridgehead atoms. The molecule has 1 amide bonds. The fourth-order valence-electron chi connectivity index (χ4n) is 1.90. The molecule has 2 aromatic rings. The molecule has 0 saturated heterocycles. The lowest BCUT2D eigenvalue weighted by molar-refractivity contribution is -0.119. The lowest BCUT2D eigenvalue weighted by Gasteiger charge is -2.10. The molecule has 0 fully saturated rings. The van der Waals surface area contributed by atoms with Gasteiger partial charge in [0.1, 0.15) is 5.75 Å². The van der Waals surface area contributed by atoms with Gasteiger partial charge in [0.2, 0.25) is 0 Å². The number of hydrogen-bond acceptors (Lipinski definition) is 4. The fourth-order valence-corrected chi connectivity index (χ4v) is 1.90. The zero-order valence-electron chi connectivity index (χ0n) is 12.4. The number of esters is 1. The molecule has 0 aliphatic carbocycles. The van der Waals surface area contributed by atoms with E-state index in [-0.39, 0.29) is 17.9 Å². The van der Waals surface area contributed by atoms with Crippen molar-refractivity contribution in [2.75, 3.05) is 11.9 Å². The second kappa shape index (κ2) is 6.76. The number of carbonyl (C=O) groups excluding carboxylic acids is 2. The third kappa shape index (κ3) is 4.09. The Bertz CT molecular complexity index is 710. The van der Waals surface area contributed by atoms with Crippen LogP contribution in [0.4, 0.5) is 5.69 Å². The number of hydrogen-bond donors (Lipinski definition) is 2. The Kier molecular flexibility index (Phi) is 4.78. The van der Waals surface area contributed by atoms with E-state index in [0.717, 1.165) is 11.1 Å². The first-order chi connectivity index (χ1) is 10.5. The largest absolute Gasteiger partial charge is 0.508 e. The molecule has 0 aliphatic rings. The highest BCUT2D eigenvalue weighted by Crippen LogP contribution is 2.16. The van der Waals surface area contributed by atoms with Crippen LogP contribution in [-0.4, -0.2) is 23.6 Å². The molecule has 2 rings (SSSR count). The summed E-state index contributed by atoms with van der Waals surface area (Å²) in [5.74, 6) is -1.11. The van der Waals surface area contributed by atoms with Gasteiger partial charge in [-0.15, -0.1) is 0 Å². The molecular formula is C17H17NO4. The van der Waals surface area contributed by atoms with Crippen LogP contribution in [0.1, 0.15) is 21.5 Å². The molecule has 0 aromatic heterocycles. The predicted octanol–water partition coefficient (Wildman–Crippen LogP) is 2.80. The Morgan fingerprint density at radius 1 is 1.14 bits per heavy atom. The molecule has 114 valence electrons. The molecule has 0 saturated carbocycles. The molecular weight excluding hydrogens is 282 g/mol. The van der Waals surface area contributed by atoms with E-state index in [9.17, 15) is 14.7 Å². The molecule has 22 heavy (non-hydrogen) atoms. The van der Waals surface area contributed by atoms with Gasteiger partial charge in [0, 0.05) is 5.69 Å². The summed E-state index contributed by atoms with van der Waals surface area (Å²) >= 11 is 0. The summed E-state index contributed by atoms with van der Waals surface area (Å²) in [6.07, 6.45) is 0. The van der Waals surface area contributed by atoms with Crippen molar-refractivity contribution in [2.45, 2.75) is 13.8 Å². The van der Waals surface area contributed by atoms with Crippen molar-refractivity contribution < 1.29 is 19.4 Å². The number of amides is 1. The average molecular weight is 299 g/mol. The number of aryl methyl sites for hydroxylation is 2. The summed E-state index contributed by atoms with van der Waals surface area (Å²) in [5.41, 5.74) is 2.84. The Labute approximate surface area is 128 Å². The fraction of sp³-hybridized carbons (Fsp3) is 0.176. The number of aromatic hydroxyl groups is 1. The first-order valence-corrected chi connectivity index (χ1v) is 6.79. The quantitative estimate of drug-likeness (QED) is 0.851. The number of rotatable bonds is 4. The van der Waals surface area contributed by atoms with Crippen molar-refractivity contribution in [1.82, 2.24) is 0 Å². The minimum Gasteiger partial charge on any atom is -0.508 e. The first-order valence-electron chi connectivity index (χ1n) is 6.79. The minimum atomic E-state index is -0.660. The highest BCUT2D eigenvalue weighted by Gasteiger charge is 2.11. The number of ether oxygens (including phenoxy) is 1. The Balaban J connectivity index is 1.93. The normalized spacial score (nSPS) is 10.1. The van der Waals surface area contributed by atoms with Crippen LogP contribution in [0.5, 0.6) is 5.75 Å². The van der Waals surface area contributed by atoms with Crippen LogP contribution in [0.15, 0.2) is 42.5 Å². The van der Waals surface area contributed by atoms with E-state index in [1.807, 2.05) is 32.0 Å². The van der Waals surface area contributed by atoms with Crippen LogP contribution < -0.4 is 5.32 Å². The van der Waals surface area contributed by atoms with Gasteiger partial charge in [-0.3, -0.25) is 4.79 Å². The highest BCUT2D eigenvalue weighted by molar-refractivity contribution is 5.96. The third-order valence-electron chi connectivity index (χ3n) is 3.08. The van der Waals surface area contributed by atoms with Gasteiger partial charge in [-0.25, -0.2) is 4.79 Å². The Morgan fingerprint density at radius 2 is 1.91 bits per heavy atom. The van der Waals surface area contributed by atoms with Gasteiger partial charge in [0.05, 0.1) is 5.56 Å². The highest BCUT2D eigenvalue weighted by atomic mass is 16.5. The van der Waals surface area contributed by atoms with Crippen molar-refractivity contribution in [3.63, 3.8) is 0 Å². The van der Waals surface area contributed by atoms with Gasteiger partial charge in [0.25, 0.3) is 5.91 Å². The summed E-state index contributed by atoms with van der Waals surface area (Å²) in [7, 11) is 0. The molecule has 2 aromatic carbocycles. The molecule has 0 atom stereocenters. The van der Waals surface area contributed by atoms with Gasteiger partial charge < -0.3 is 15.2 Å². The number of benzene rings is 2. The van der Waals surface area contributed by atoms with Crippen LogP contribution >= 0.6 is 0 Å². The number of anilines is 1. The van der Waals surface area contributed by atoms with Crippen molar-refractivity contribution in [3.8, 4) is 5.75 Å². The minimum absolute atomic E-state index is 0.0331. The first kappa shape index (κ1) is 15.6. The van der Waals surface area contributed by atoms with Crippen LogP contribution in [0, 0.1) is 13.8 Å². The van der Waals surface area contributed by atoms with Crippen LogP contribution in [-0.2, 0) is 9.53 Å². The second-order valence-corrected chi connectivity index (χ2v) is 4.99. The number of nitrogens with one attached hydrogen (secondary N) is 1. The van der Waals surface area contributed by atoms with E-state index in [0.29, 0.717) is 5.69 Å². The van der Waals surface area contributed by atoms with Crippen molar-refractivity contribution in [2.24, 2.45) is 0 Å². The van der Waals surface area contributed by atoms with Gasteiger partial charge in [-0.2, -0.15) is 0 Å². The number of carbonyl (C=O) groups is 2. The molecule has 5 nitrogen and oxygen atoms in total. The van der Waals surface area contributed by atoms with Crippen LogP contribution in [0.25, 0.3) is 0 Å². The van der Waals surface area contributed by atoms with Crippen LogP contribution in [0.3, 0.4) is 0 Å².